The molecule has 0 aromatic rings. The number of likely N-dealkylation sites (tertiary alicyclic amines) is 4. The number of hydrogen-bond donors (Lipinski definition) is 0. The van der Waals surface area contributed by atoms with E-state index in [2.05, 4.69) is 196 Å². The fraction of sp³-hybridized carbons (Fsp3) is 1.00. The number of rotatable bonds is 11. The van der Waals surface area contributed by atoms with Crippen LogP contribution in [0.3, 0.4) is 0 Å². The molecular weight excluding hydrogens is 827 g/mol. The molecule has 10 heteroatoms. The van der Waals surface area contributed by atoms with Crippen molar-refractivity contribution in [3.63, 3.8) is 0 Å². The van der Waals surface area contributed by atoms with Crippen LogP contribution in [-0.2, 0) is 4.74 Å². The van der Waals surface area contributed by atoms with E-state index in [4.69, 9.17) is 4.74 Å². The molecule has 7 saturated heterocycles. The molecule has 2 spiro atoms. The molecule has 0 N–H and O–H groups in total. The average molecular weight is 947 g/mol. The van der Waals surface area contributed by atoms with E-state index in [0.29, 0.717) is 41.8 Å². The van der Waals surface area contributed by atoms with Crippen molar-refractivity contribution < 1.29 is 4.74 Å². The fourth-order valence-corrected chi connectivity index (χ4v) is 12.0. The Morgan fingerprint density at radius 1 is 0.418 bits per heavy atom. The second-order valence-electron chi connectivity index (χ2n) is 25.8. The Balaban J connectivity index is 0.000000223. The second kappa shape index (κ2) is 28.2. The van der Waals surface area contributed by atoms with Crippen molar-refractivity contribution in [1.82, 2.24) is 44.1 Å². The highest BCUT2D eigenvalue weighted by Gasteiger charge is 2.54. The summed E-state index contributed by atoms with van der Waals surface area (Å²) in [6.07, 6.45) is 4.27. The Hall–Kier alpha value is -0.400. The van der Waals surface area contributed by atoms with Gasteiger partial charge in [0, 0.05) is 164 Å². The Morgan fingerprint density at radius 3 is 1.24 bits per heavy atom. The topological polar surface area (TPSA) is 38.4 Å². The molecule has 7 aliphatic rings. The minimum absolute atomic E-state index is 0.160. The van der Waals surface area contributed by atoms with Crippen molar-refractivity contribution in [3.05, 3.63) is 0 Å². The monoisotopic (exact) mass is 946 g/mol. The zero-order chi connectivity index (χ0) is 50.6. The summed E-state index contributed by atoms with van der Waals surface area (Å²) in [5, 5.41) is 0. The van der Waals surface area contributed by atoms with E-state index < -0.39 is 0 Å². The van der Waals surface area contributed by atoms with Crippen LogP contribution in [0.1, 0.15) is 172 Å². The molecule has 0 aliphatic carbocycles. The molecule has 10 nitrogen and oxygen atoms in total. The quantitative estimate of drug-likeness (QED) is 0.200. The normalized spacial score (nSPS) is 26.5. The van der Waals surface area contributed by atoms with Gasteiger partial charge in [-0.25, -0.2) is 0 Å². The molecule has 2 atom stereocenters. The second-order valence-corrected chi connectivity index (χ2v) is 25.8. The van der Waals surface area contributed by atoms with E-state index in [-0.39, 0.29) is 5.60 Å². The van der Waals surface area contributed by atoms with Gasteiger partial charge in [0.1, 0.15) is 5.60 Å². The zero-order valence-electron chi connectivity index (χ0n) is 49.1. The molecule has 398 valence electrons. The van der Waals surface area contributed by atoms with Gasteiger partial charge in [-0.05, 0) is 175 Å². The lowest BCUT2D eigenvalue weighted by Crippen LogP contribution is -2.78. The van der Waals surface area contributed by atoms with Crippen LogP contribution < -0.4 is 0 Å². The van der Waals surface area contributed by atoms with Crippen LogP contribution in [0.25, 0.3) is 0 Å². The van der Waals surface area contributed by atoms with Crippen molar-refractivity contribution >= 4 is 0 Å². The van der Waals surface area contributed by atoms with Gasteiger partial charge in [-0.3, -0.25) is 39.2 Å². The molecule has 0 bridgehead atoms. The number of piperazine rings is 1. The fourth-order valence-electron chi connectivity index (χ4n) is 12.0. The smallest absolute Gasteiger partial charge is 0.106 e. The van der Waals surface area contributed by atoms with Crippen molar-refractivity contribution in [2.24, 2.45) is 17.8 Å². The van der Waals surface area contributed by atoms with E-state index in [0.717, 1.165) is 74.7 Å². The number of nitrogens with zero attached hydrogens (tertiary/aromatic N) is 9. The van der Waals surface area contributed by atoms with Crippen LogP contribution in [0.4, 0.5) is 0 Å². The third-order valence-corrected chi connectivity index (χ3v) is 16.7. The molecule has 7 fully saturated rings. The van der Waals surface area contributed by atoms with E-state index in [1.165, 1.54) is 97.8 Å². The third kappa shape index (κ3) is 18.9. The van der Waals surface area contributed by atoms with E-state index in [1.54, 1.807) is 0 Å². The summed E-state index contributed by atoms with van der Waals surface area (Å²) >= 11 is 0. The van der Waals surface area contributed by atoms with Crippen LogP contribution in [0, 0.1) is 17.8 Å². The molecule has 67 heavy (non-hydrogen) atoms. The molecule has 0 radical (unpaired) electrons. The lowest BCUT2D eigenvalue weighted by atomic mass is 9.76. The van der Waals surface area contributed by atoms with Crippen molar-refractivity contribution in [1.29, 1.82) is 0 Å². The van der Waals surface area contributed by atoms with Gasteiger partial charge >= 0.3 is 0 Å². The van der Waals surface area contributed by atoms with Crippen LogP contribution >= 0.6 is 0 Å². The zero-order valence-corrected chi connectivity index (χ0v) is 49.1. The summed E-state index contributed by atoms with van der Waals surface area (Å²) < 4.78 is 5.98. The summed E-state index contributed by atoms with van der Waals surface area (Å²) in [5.74, 6) is 2.66. The number of hydrogen-bond acceptors (Lipinski definition) is 10. The lowest BCUT2D eigenvalue weighted by molar-refractivity contribution is -0.194. The molecule has 0 aromatic carbocycles. The largest absolute Gasteiger partial charge is 0.370 e. The standard InChI is InChI=1S/C12H24N2O.C12H26N2.C11H22N2.C11H24N2.C11H23N/c1-10(2)13-5-6-15-12(7-13)8-14(9-12)11(3)4;1-10(2)13-6-7-14(11(3)4)9-12(5)8-13;1-9(2)12-7-11(8-12)5-6-13(11)10(3)4;1-9(2)12-6-7-13(10(3)4)11(5)8-12;1-9(2)7-11-5-6-12(8-11)10(3)4/h10-11H,5-9H2,1-4H3;10-12H,6-9H2,1-5H3;9-10H,5-8H2,1-4H3;9-11H,6-8H2,1-5H3;9-11H,5-8H2,1-4H3. The highest BCUT2D eigenvalue weighted by Crippen LogP contribution is 2.41. The van der Waals surface area contributed by atoms with Crippen LogP contribution in [0.5, 0.6) is 0 Å². The van der Waals surface area contributed by atoms with Crippen molar-refractivity contribution in [2.45, 2.75) is 243 Å². The minimum Gasteiger partial charge on any atom is -0.370 e. The molecule has 0 amide bonds. The van der Waals surface area contributed by atoms with Crippen LogP contribution in [-0.4, -0.2) is 227 Å². The predicted molar refractivity (Wildman–Crippen MR) is 293 cm³/mol. The molecular formula is C57H119N9O. The maximum atomic E-state index is 5.98. The molecule has 2 unspecified atom stereocenters. The van der Waals surface area contributed by atoms with E-state index in [9.17, 15) is 0 Å². The molecule has 7 aliphatic heterocycles. The predicted octanol–water partition coefficient (Wildman–Crippen LogP) is 9.38. The van der Waals surface area contributed by atoms with Gasteiger partial charge in [-0.15, -0.1) is 0 Å². The van der Waals surface area contributed by atoms with E-state index >= 15 is 0 Å². The summed E-state index contributed by atoms with van der Waals surface area (Å²) in [6, 6.07) is 7.06. The maximum absolute atomic E-state index is 5.98. The maximum Gasteiger partial charge on any atom is 0.106 e. The SMILES string of the molecule is CC(C)CC1CCN(C(C)C)C1.CC(C)N1CC2(CCN2C(C)C)C1.CC(C)N1CCN(C(C)C)C(C)C1.CC(C)N1CCOC2(C1)CN(C(C)C)C2.CC1CN(C(C)C)CCN(C(C)C)C1. The summed E-state index contributed by atoms with van der Waals surface area (Å²) in [6.45, 7) is 71.3. The van der Waals surface area contributed by atoms with Gasteiger partial charge < -0.3 is 9.64 Å². The van der Waals surface area contributed by atoms with Crippen LogP contribution in [0.15, 0.2) is 0 Å². The Morgan fingerprint density at radius 2 is 0.851 bits per heavy atom. The molecule has 0 saturated carbocycles. The van der Waals surface area contributed by atoms with Gasteiger partial charge in [0.25, 0.3) is 0 Å². The van der Waals surface area contributed by atoms with Crippen molar-refractivity contribution in [2.75, 3.05) is 111 Å². The summed E-state index contributed by atoms with van der Waals surface area (Å²) in [4.78, 5) is 23.3. The first-order valence-corrected chi connectivity index (χ1v) is 28.5. The van der Waals surface area contributed by atoms with Gasteiger partial charge in [-0.1, -0.05) is 20.8 Å². The van der Waals surface area contributed by atoms with Gasteiger partial charge in [0.2, 0.25) is 0 Å². The first-order chi connectivity index (χ1) is 31.2. The molecule has 7 heterocycles. The first kappa shape index (κ1) is 60.9. The Bertz CT molecular complexity index is 1300. The highest BCUT2D eigenvalue weighted by atomic mass is 16.5. The minimum atomic E-state index is 0.160. The number of morpholine rings is 1. The van der Waals surface area contributed by atoms with Gasteiger partial charge in [-0.2, -0.15) is 0 Å². The Kier molecular flexibility index (Phi) is 25.6. The number of ether oxygens (including phenoxy) is 1. The summed E-state index contributed by atoms with van der Waals surface area (Å²) in [7, 11) is 0. The van der Waals surface area contributed by atoms with Gasteiger partial charge in [0.15, 0.2) is 0 Å². The Labute approximate surface area is 419 Å². The third-order valence-electron chi connectivity index (χ3n) is 16.7. The highest BCUT2D eigenvalue weighted by molar-refractivity contribution is 5.12. The van der Waals surface area contributed by atoms with Gasteiger partial charge in [0.05, 0.1) is 6.61 Å². The molecule has 0 aromatic heterocycles. The average Bonchev–Trinajstić information content (AvgIpc) is 3.55. The summed E-state index contributed by atoms with van der Waals surface area (Å²) in [5.41, 5.74) is 0.755. The van der Waals surface area contributed by atoms with E-state index in [1.807, 2.05) is 0 Å². The van der Waals surface area contributed by atoms with Crippen molar-refractivity contribution in [3.8, 4) is 0 Å². The lowest BCUT2D eigenvalue weighted by Gasteiger charge is -2.65. The first-order valence-electron chi connectivity index (χ1n) is 28.5. The van der Waals surface area contributed by atoms with Crippen LogP contribution in [0.2, 0.25) is 0 Å². The molecule has 7 rings (SSSR count).